The van der Waals surface area contributed by atoms with Crippen LogP contribution in [0.3, 0.4) is 0 Å². The Kier molecular flexibility index (Phi) is 8.03. The number of benzene rings is 2. The van der Waals surface area contributed by atoms with Crippen molar-refractivity contribution in [3.8, 4) is 33.8 Å². The van der Waals surface area contributed by atoms with Crippen LogP contribution in [0, 0.1) is 11.7 Å². The summed E-state index contributed by atoms with van der Waals surface area (Å²) in [5, 5.41) is 14.5. The van der Waals surface area contributed by atoms with Gasteiger partial charge >= 0.3 is 0 Å². The van der Waals surface area contributed by atoms with Crippen LogP contribution in [0.15, 0.2) is 67.1 Å². The largest absolute Gasteiger partial charge is 0.384 e. The zero-order valence-electron chi connectivity index (χ0n) is 25.1. The third-order valence-electron chi connectivity index (χ3n) is 7.20. The molecule has 4 N–H and O–H groups in total. The minimum atomic E-state index is -0.322. The highest BCUT2D eigenvalue weighted by molar-refractivity contribution is 5.98. The molecule has 0 spiro atoms. The molecule has 0 bridgehead atoms. The molecule has 0 atom stereocenters. The number of aromatic nitrogens is 6. The highest BCUT2D eigenvalue weighted by Gasteiger charge is 2.17. The van der Waals surface area contributed by atoms with Crippen LogP contribution in [0.2, 0.25) is 0 Å². The van der Waals surface area contributed by atoms with E-state index >= 15 is 0 Å². The summed E-state index contributed by atoms with van der Waals surface area (Å²) in [4.78, 5) is 31.6. The summed E-state index contributed by atoms with van der Waals surface area (Å²) in [5.41, 5.74) is 7.23. The number of aromatic amines is 2. The highest BCUT2D eigenvalue weighted by Crippen LogP contribution is 2.34. The number of imidazole rings is 1. The summed E-state index contributed by atoms with van der Waals surface area (Å²) in [7, 11) is 4.00. The first kappa shape index (κ1) is 28.9. The van der Waals surface area contributed by atoms with Crippen molar-refractivity contribution in [2.75, 3.05) is 37.8 Å². The molecule has 6 rings (SSSR count). The van der Waals surface area contributed by atoms with Crippen LogP contribution in [-0.4, -0.2) is 68.1 Å². The Hall–Kier alpha value is -5.16. The van der Waals surface area contributed by atoms with Gasteiger partial charge in [-0.1, -0.05) is 26.0 Å². The third-order valence-corrected chi connectivity index (χ3v) is 7.20. The molecular formula is C33H34FN9O. The number of pyridine rings is 2. The van der Waals surface area contributed by atoms with Gasteiger partial charge in [-0.05, 0) is 62.0 Å². The molecule has 0 aliphatic rings. The molecule has 0 fully saturated rings. The molecule has 4 aromatic heterocycles. The third kappa shape index (κ3) is 6.28. The van der Waals surface area contributed by atoms with E-state index in [4.69, 9.17) is 4.98 Å². The van der Waals surface area contributed by atoms with E-state index < -0.39 is 0 Å². The van der Waals surface area contributed by atoms with Crippen molar-refractivity contribution in [1.29, 1.82) is 0 Å². The first-order chi connectivity index (χ1) is 21.2. The number of para-hydroxylation sites is 1. The number of hydrogen-bond donors (Lipinski definition) is 4. The molecule has 1 amide bonds. The number of halogens is 1. The normalized spacial score (nSPS) is 11.6. The molecule has 6 aromatic rings. The average molecular weight is 592 g/mol. The first-order valence-corrected chi connectivity index (χ1v) is 14.5. The SMILES string of the molecule is CC(C)CC(=O)Nc1cncc(-c2cnc3[nH]nc(-c4nc5c(-c6cc(F)cc(NCCN(C)C)c6)cccc5[nH]4)c3c2)c1. The van der Waals surface area contributed by atoms with Gasteiger partial charge in [0.05, 0.1) is 28.3 Å². The zero-order chi connectivity index (χ0) is 30.8. The fourth-order valence-corrected chi connectivity index (χ4v) is 5.14. The number of carbonyl (C=O) groups is 1. The summed E-state index contributed by atoms with van der Waals surface area (Å²) in [6.07, 6.45) is 5.54. The monoisotopic (exact) mass is 591 g/mol. The molecular weight excluding hydrogens is 557 g/mol. The van der Waals surface area contributed by atoms with Gasteiger partial charge in [0.2, 0.25) is 5.91 Å². The molecule has 0 aliphatic carbocycles. The standard InChI is InChI=1S/C33H34FN9O/c1-19(2)10-29(44)38-25-13-21(16-35-18-25)22-14-27-31(41-42-32(27)37-17-22)33-39-28-7-5-6-26(30(28)40-33)20-11-23(34)15-24(12-20)36-8-9-43(3)4/h5-7,11-19,36H,8-10H2,1-4H3,(H,38,44)(H,39,40)(H,37,41,42). The van der Waals surface area contributed by atoms with E-state index in [-0.39, 0.29) is 17.6 Å². The molecule has 0 unspecified atom stereocenters. The van der Waals surface area contributed by atoms with Crippen molar-refractivity contribution in [2.45, 2.75) is 20.3 Å². The van der Waals surface area contributed by atoms with E-state index in [0.717, 1.165) is 39.7 Å². The van der Waals surface area contributed by atoms with Crippen LogP contribution < -0.4 is 10.6 Å². The maximum absolute atomic E-state index is 14.7. The number of fused-ring (bicyclic) bond motifs is 2. The maximum atomic E-state index is 14.7. The number of rotatable bonds is 10. The fourth-order valence-electron chi connectivity index (χ4n) is 5.14. The number of H-pyrrole nitrogens is 2. The molecule has 0 aliphatic heterocycles. The average Bonchev–Trinajstić information content (AvgIpc) is 3.60. The predicted molar refractivity (Wildman–Crippen MR) is 173 cm³/mol. The lowest BCUT2D eigenvalue weighted by Gasteiger charge is -2.13. The molecule has 44 heavy (non-hydrogen) atoms. The van der Waals surface area contributed by atoms with Crippen LogP contribution in [-0.2, 0) is 4.79 Å². The Morgan fingerprint density at radius 1 is 1.00 bits per heavy atom. The molecule has 0 saturated heterocycles. The van der Waals surface area contributed by atoms with E-state index in [9.17, 15) is 9.18 Å². The van der Waals surface area contributed by atoms with E-state index in [0.29, 0.717) is 47.0 Å². The van der Waals surface area contributed by atoms with Crippen LogP contribution >= 0.6 is 0 Å². The van der Waals surface area contributed by atoms with Gasteiger partial charge in [-0.25, -0.2) is 14.4 Å². The highest BCUT2D eigenvalue weighted by atomic mass is 19.1. The quantitative estimate of drug-likeness (QED) is 0.147. The van der Waals surface area contributed by atoms with Gasteiger partial charge in [-0.15, -0.1) is 0 Å². The lowest BCUT2D eigenvalue weighted by Crippen LogP contribution is -2.20. The zero-order valence-corrected chi connectivity index (χ0v) is 25.1. The van der Waals surface area contributed by atoms with E-state index in [1.165, 1.54) is 12.1 Å². The van der Waals surface area contributed by atoms with Crippen LogP contribution in [0.25, 0.3) is 55.8 Å². The van der Waals surface area contributed by atoms with Crippen LogP contribution in [0.1, 0.15) is 20.3 Å². The number of nitrogens with one attached hydrogen (secondary N) is 4. The second kappa shape index (κ2) is 12.2. The molecule has 0 saturated carbocycles. The number of amides is 1. The van der Waals surface area contributed by atoms with E-state index in [1.54, 1.807) is 18.6 Å². The Bertz CT molecular complexity index is 1960. The fraction of sp³-hybridized carbons (Fsp3) is 0.242. The number of carbonyl (C=O) groups excluding carboxylic acids is 1. The molecule has 224 valence electrons. The molecule has 4 heterocycles. The molecule has 11 heteroatoms. The van der Waals surface area contributed by atoms with Crippen LogP contribution in [0.5, 0.6) is 0 Å². The van der Waals surface area contributed by atoms with Crippen molar-refractivity contribution in [2.24, 2.45) is 5.92 Å². The lowest BCUT2D eigenvalue weighted by molar-refractivity contribution is -0.116. The lowest BCUT2D eigenvalue weighted by atomic mass is 10.0. The second-order valence-corrected chi connectivity index (χ2v) is 11.5. The van der Waals surface area contributed by atoms with Gasteiger partial charge in [0.15, 0.2) is 11.5 Å². The van der Waals surface area contributed by atoms with Crippen molar-refractivity contribution in [1.82, 2.24) is 35.0 Å². The van der Waals surface area contributed by atoms with Crippen molar-refractivity contribution < 1.29 is 9.18 Å². The number of likely N-dealkylation sites (N-methyl/N-ethyl adjacent to an activating group) is 1. The molecule has 2 aromatic carbocycles. The molecule has 0 radical (unpaired) electrons. The van der Waals surface area contributed by atoms with Gasteiger partial charge in [0.1, 0.15) is 11.5 Å². The van der Waals surface area contributed by atoms with Gasteiger partial charge < -0.3 is 20.5 Å². The van der Waals surface area contributed by atoms with E-state index in [2.05, 4.69) is 40.7 Å². The smallest absolute Gasteiger partial charge is 0.224 e. The Labute approximate surface area is 254 Å². The Morgan fingerprint density at radius 2 is 1.82 bits per heavy atom. The van der Waals surface area contributed by atoms with Gasteiger partial charge in [-0.3, -0.25) is 14.9 Å². The summed E-state index contributed by atoms with van der Waals surface area (Å²) >= 11 is 0. The summed E-state index contributed by atoms with van der Waals surface area (Å²) < 4.78 is 14.7. The van der Waals surface area contributed by atoms with Crippen LogP contribution in [0.4, 0.5) is 15.8 Å². The first-order valence-electron chi connectivity index (χ1n) is 14.5. The minimum absolute atomic E-state index is 0.0519. The van der Waals surface area contributed by atoms with Crippen molar-refractivity contribution in [3.05, 3.63) is 72.9 Å². The number of hydrogen-bond acceptors (Lipinski definition) is 7. The molecule has 10 nitrogen and oxygen atoms in total. The summed E-state index contributed by atoms with van der Waals surface area (Å²) in [6, 6.07) is 14.6. The number of nitrogens with zero attached hydrogens (tertiary/aromatic N) is 5. The van der Waals surface area contributed by atoms with Gasteiger partial charge in [0, 0.05) is 54.3 Å². The Balaban J connectivity index is 1.33. The summed E-state index contributed by atoms with van der Waals surface area (Å²) in [5.74, 6) is 0.445. The predicted octanol–water partition coefficient (Wildman–Crippen LogP) is 6.33. The Morgan fingerprint density at radius 3 is 2.64 bits per heavy atom. The van der Waals surface area contributed by atoms with Gasteiger partial charge in [-0.2, -0.15) is 5.10 Å². The van der Waals surface area contributed by atoms with E-state index in [1.807, 2.05) is 64.3 Å². The van der Waals surface area contributed by atoms with Gasteiger partial charge in [0.25, 0.3) is 0 Å². The second-order valence-electron chi connectivity index (χ2n) is 11.5. The maximum Gasteiger partial charge on any atom is 0.224 e. The van der Waals surface area contributed by atoms with Crippen molar-refractivity contribution >= 4 is 39.3 Å². The van der Waals surface area contributed by atoms with Crippen molar-refractivity contribution in [3.63, 3.8) is 0 Å². The summed E-state index contributed by atoms with van der Waals surface area (Å²) in [6.45, 7) is 5.53. The minimum Gasteiger partial charge on any atom is -0.384 e. The topological polar surface area (TPSA) is 128 Å². The number of anilines is 2.